The van der Waals surface area contributed by atoms with E-state index in [1.54, 1.807) is 19.5 Å². The Balaban J connectivity index is 1.26. The first-order chi connectivity index (χ1) is 14.6. The van der Waals surface area contributed by atoms with Crippen LogP contribution in [0.3, 0.4) is 0 Å². The summed E-state index contributed by atoms with van der Waals surface area (Å²) in [5, 5.41) is 9.45. The van der Waals surface area contributed by atoms with Crippen LogP contribution >= 0.6 is 0 Å². The first-order valence-corrected chi connectivity index (χ1v) is 10.6. The van der Waals surface area contributed by atoms with Crippen molar-refractivity contribution in [3.05, 3.63) is 54.4 Å². The van der Waals surface area contributed by atoms with Crippen molar-refractivity contribution in [2.24, 2.45) is 22.7 Å². The fourth-order valence-corrected chi connectivity index (χ4v) is 4.27. The molecule has 2 amide bonds. The minimum absolute atomic E-state index is 0.0323. The molecule has 30 heavy (non-hydrogen) atoms. The van der Waals surface area contributed by atoms with Gasteiger partial charge in [-0.25, -0.2) is 0 Å². The number of hydrogen-bond donors (Lipinski definition) is 3. The van der Waals surface area contributed by atoms with Gasteiger partial charge in [-0.15, -0.1) is 0 Å². The van der Waals surface area contributed by atoms with Crippen molar-refractivity contribution in [2.75, 3.05) is 20.1 Å². The second kappa shape index (κ2) is 8.92. The highest BCUT2D eigenvalue weighted by molar-refractivity contribution is 5.89. The highest BCUT2D eigenvalue weighted by Crippen LogP contribution is 2.41. The highest BCUT2D eigenvalue weighted by Gasteiger charge is 2.46. The minimum Gasteiger partial charge on any atom is -0.352 e. The molecule has 7 nitrogen and oxygen atoms in total. The quantitative estimate of drug-likeness (QED) is 0.446. The van der Waals surface area contributed by atoms with Crippen LogP contribution in [0.4, 0.5) is 0 Å². The molecule has 1 saturated heterocycles. The molecular weight excluding hydrogens is 378 g/mol. The van der Waals surface area contributed by atoms with E-state index in [9.17, 15) is 9.59 Å². The molecule has 1 aliphatic heterocycles. The number of aliphatic imine (C=N–C) groups is 1. The van der Waals surface area contributed by atoms with Crippen LogP contribution < -0.4 is 16.0 Å². The molecule has 0 bridgehead atoms. The summed E-state index contributed by atoms with van der Waals surface area (Å²) in [4.78, 5) is 33.7. The number of rotatable bonds is 8. The molecule has 3 N–H and O–H groups in total. The summed E-state index contributed by atoms with van der Waals surface area (Å²) in [6, 6.07) is 4.21. The third-order valence-corrected chi connectivity index (χ3v) is 6.26. The fraction of sp³-hybridized carbons (Fsp3) is 0.478. The SMILES string of the molecule is C=C(/C=C\C=NC)[C@H]1CC1NC(=O)[C@@H]1CNC[C@H]1C(=O)N[C@H]1C[C@@H]1c1cccnc1. The Bertz CT molecular complexity index is 866. The van der Waals surface area contributed by atoms with Gasteiger partial charge in [0.1, 0.15) is 0 Å². The zero-order valence-corrected chi connectivity index (χ0v) is 17.3. The van der Waals surface area contributed by atoms with Crippen molar-refractivity contribution in [3.63, 3.8) is 0 Å². The maximum Gasteiger partial charge on any atom is 0.225 e. The third kappa shape index (κ3) is 4.67. The molecule has 0 aromatic carbocycles. The van der Waals surface area contributed by atoms with Crippen LogP contribution in [-0.2, 0) is 9.59 Å². The molecule has 3 fully saturated rings. The number of allylic oxidation sites excluding steroid dienone is 2. The summed E-state index contributed by atoms with van der Waals surface area (Å²) in [5.74, 6) is -0.148. The van der Waals surface area contributed by atoms with Crippen LogP contribution in [0.2, 0.25) is 0 Å². The molecule has 1 unspecified atom stereocenters. The van der Waals surface area contributed by atoms with Crippen molar-refractivity contribution in [1.82, 2.24) is 20.9 Å². The van der Waals surface area contributed by atoms with E-state index in [4.69, 9.17) is 0 Å². The Morgan fingerprint density at radius 1 is 1.17 bits per heavy atom. The van der Waals surface area contributed by atoms with Gasteiger partial charge in [-0.05, 0) is 36.1 Å². The van der Waals surface area contributed by atoms with Crippen LogP contribution in [0.25, 0.3) is 0 Å². The molecule has 1 aromatic rings. The predicted molar refractivity (Wildman–Crippen MR) is 116 cm³/mol. The number of nitrogens with one attached hydrogen (secondary N) is 3. The van der Waals surface area contributed by atoms with E-state index in [0.29, 0.717) is 19.0 Å². The number of aromatic nitrogens is 1. The topological polar surface area (TPSA) is 95.5 Å². The monoisotopic (exact) mass is 407 g/mol. The van der Waals surface area contributed by atoms with E-state index in [1.165, 1.54) is 0 Å². The summed E-state index contributed by atoms with van der Waals surface area (Å²) in [6.45, 7) is 5.15. The van der Waals surface area contributed by atoms with Crippen LogP contribution in [0.5, 0.6) is 0 Å². The van der Waals surface area contributed by atoms with Gasteiger partial charge in [-0.2, -0.15) is 0 Å². The van der Waals surface area contributed by atoms with Gasteiger partial charge in [-0.3, -0.25) is 19.6 Å². The molecule has 0 radical (unpaired) electrons. The molecule has 2 saturated carbocycles. The highest BCUT2D eigenvalue weighted by atomic mass is 16.2. The summed E-state index contributed by atoms with van der Waals surface area (Å²) in [6.07, 6.45) is 10.9. The van der Waals surface area contributed by atoms with Crippen LogP contribution in [0.15, 0.2) is 53.8 Å². The maximum absolute atomic E-state index is 12.8. The molecule has 4 rings (SSSR count). The standard InChI is InChI=1S/C23H29N5O2/c1-14(5-3-7-24-2)16-9-20(16)27-22(29)18-12-26-13-19(18)23(30)28-21-10-17(21)15-6-4-8-25-11-15/h3-8,11,16-21,26H,1,9-10,12-13H2,2H3,(H,27,29)(H,28,30)/b5-3-,24-7?/t16-,17-,18-,19-,20?,21+/m1/s1. The number of amides is 2. The zero-order valence-electron chi connectivity index (χ0n) is 17.3. The van der Waals surface area contributed by atoms with Gasteiger partial charge in [0, 0.05) is 62.7 Å². The lowest BCUT2D eigenvalue weighted by Gasteiger charge is -2.18. The van der Waals surface area contributed by atoms with E-state index in [1.807, 2.05) is 30.5 Å². The van der Waals surface area contributed by atoms with Crippen molar-refractivity contribution < 1.29 is 9.59 Å². The van der Waals surface area contributed by atoms with Gasteiger partial charge >= 0.3 is 0 Å². The largest absolute Gasteiger partial charge is 0.352 e. The van der Waals surface area contributed by atoms with Gasteiger partial charge in [0.05, 0.1) is 11.8 Å². The number of nitrogens with zero attached hydrogens (tertiary/aromatic N) is 2. The van der Waals surface area contributed by atoms with E-state index < -0.39 is 0 Å². The van der Waals surface area contributed by atoms with E-state index >= 15 is 0 Å². The van der Waals surface area contributed by atoms with Crippen molar-refractivity contribution in [3.8, 4) is 0 Å². The fourth-order valence-electron chi connectivity index (χ4n) is 4.27. The second-order valence-corrected chi connectivity index (χ2v) is 8.41. The Kier molecular flexibility index (Phi) is 6.08. The molecule has 6 atom stereocenters. The van der Waals surface area contributed by atoms with Crippen molar-refractivity contribution in [2.45, 2.75) is 30.8 Å². The summed E-state index contributed by atoms with van der Waals surface area (Å²) in [7, 11) is 1.72. The summed E-state index contributed by atoms with van der Waals surface area (Å²) in [5.41, 5.74) is 2.15. The maximum atomic E-state index is 12.8. The lowest BCUT2D eigenvalue weighted by Crippen LogP contribution is -2.43. The van der Waals surface area contributed by atoms with Crippen LogP contribution in [0.1, 0.15) is 24.3 Å². The molecule has 2 heterocycles. The Morgan fingerprint density at radius 2 is 1.90 bits per heavy atom. The first kappa shape index (κ1) is 20.5. The van der Waals surface area contributed by atoms with Gasteiger partial charge in [0.25, 0.3) is 0 Å². The average Bonchev–Trinajstić information content (AvgIpc) is 3.64. The summed E-state index contributed by atoms with van der Waals surface area (Å²) < 4.78 is 0. The minimum atomic E-state index is -0.335. The van der Waals surface area contributed by atoms with E-state index in [2.05, 4.69) is 32.5 Å². The molecule has 1 aromatic heterocycles. The lowest BCUT2D eigenvalue weighted by molar-refractivity contribution is -0.133. The second-order valence-electron chi connectivity index (χ2n) is 8.41. The predicted octanol–water partition coefficient (Wildman–Crippen LogP) is 1.21. The average molecular weight is 408 g/mol. The van der Waals surface area contributed by atoms with Gasteiger partial charge in [-0.1, -0.05) is 18.7 Å². The molecule has 7 heteroatoms. The molecule has 158 valence electrons. The van der Waals surface area contributed by atoms with Gasteiger partial charge in [0.2, 0.25) is 11.8 Å². The van der Waals surface area contributed by atoms with E-state index in [-0.39, 0.29) is 41.7 Å². The van der Waals surface area contributed by atoms with Gasteiger partial charge < -0.3 is 16.0 Å². The Morgan fingerprint density at radius 3 is 2.57 bits per heavy atom. The smallest absolute Gasteiger partial charge is 0.225 e. The number of hydrogen-bond acceptors (Lipinski definition) is 5. The summed E-state index contributed by atoms with van der Waals surface area (Å²) >= 11 is 0. The lowest BCUT2D eigenvalue weighted by atomic mass is 9.94. The number of carbonyl (C=O) groups excluding carboxylic acids is 2. The number of pyridine rings is 1. The van der Waals surface area contributed by atoms with Gasteiger partial charge in [0.15, 0.2) is 0 Å². The first-order valence-electron chi connectivity index (χ1n) is 10.6. The molecule has 0 spiro atoms. The van der Waals surface area contributed by atoms with Crippen LogP contribution in [0, 0.1) is 17.8 Å². The third-order valence-electron chi connectivity index (χ3n) is 6.26. The van der Waals surface area contributed by atoms with Crippen molar-refractivity contribution >= 4 is 18.0 Å². The molecule has 3 aliphatic rings. The molecule has 2 aliphatic carbocycles. The number of carbonyl (C=O) groups is 2. The normalized spacial score (nSPS) is 32.3. The van der Waals surface area contributed by atoms with Crippen LogP contribution in [-0.4, -0.2) is 55.2 Å². The van der Waals surface area contributed by atoms with Crippen molar-refractivity contribution in [1.29, 1.82) is 0 Å². The Hall–Kier alpha value is -2.80. The van der Waals surface area contributed by atoms with E-state index in [0.717, 1.165) is 24.0 Å². The molecular formula is C23H29N5O2. The Labute approximate surface area is 177 Å². The zero-order chi connectivity index (χ0) is 21.1.